The summed E-state index contributed by atoms with van der Waals surface area (Å²) < 4.78 is 0. The van der Waals surface area contributed by atoms with Crippen LogP contribution in [0.5, 0.6) is 5.75 Å². The molecule has 0 bridgehead atoms. The Morgan fingerprint density at radius 3 is 2.69 bits per heavy atom. The summed E-state index contributed by atoms with van der Waals surface area (Å²) in [4.78, 5) is 5.27. The van der Waals surface area contributed by atoms with Crippen LogP contribution in [0.15, 0.2) is 24.3 Å². The van der Waals surface area contributed by atoms with Crippen LogP contribution in [0.25, 0.3) is 0 Å². The number of likely N-dealkylation sites (tertiary alicyclic amines) is 1. The van der Waals surface area contributed by atoms with Crippen LogP contribution in [-0.2, 0) is 5.41 Å². The summed E-state index contributed by atoms with van der Waals surface area (Å²) >= 11 is 0. The first-order valence-corrected chi connectivity index (χ1v) is 10.7. The van der Waals surface area contributed by atoms with Crippen LogP contribution in [0.4, 0.5) is 0 Å². The third kappa shape index (κ3) is 4.61. The summed E-state index contributed by atoms with van der Waals surface area (Å²) in [6.07, 6.45) is 9.55. The molecule has 3 nitrogen and oxygen atoms in total. The van der Waals surface area contributed by atoms with Crippen LogP contribution >= 0.6 is 0 Å². The van der Waals surface area contributed by atoms with Gasteiger partial charge in [0.2, 0.25) is 0 Å². The minimum absolute atomic E-state index is 0.175. The topological polar surface area (TPSA) is 26.7 Å². The van der Waals surface area contributed by atoms with Crippen molar-refractivity contribution in [3.8, 4) is 5.75 Å². The van der Waals surface area contributed by atoms with Gasteiger partial charge in [-0.3, -0.25) is 0 Å². The lowest BCUT2D eigenvalue weighted by Crippen LogP contribution is -2.48. The van der Waals surface area contributed by atoms with Gasteiger partial charge < -0.3 is 14.9 Å². The fraction of sp³-hybridized carbons (Fsp3) is 0.739. The van der Waals surface area contributed by atoms with E-state index in [1.165, 1.54) is 76.7 Å². The molecule has 1 aliphatic carbocycles. The van der Waals surface area contributed by atoms with Crippen molar-refractivity contribution < 1.29 is 5.11 Å². The standard InChI is InChI=1S/C23H38N2O/c1-19-18-25(15-8-14-24(3)21-10-5-4-6-11-21)16-13-23(19,2)20-9-7-12-22(26)17-20/h7,9,12,17,19,21,26H,4-6,8,10-11,13-16,18H2,1-3H3. The molecule has 1 saturated carbocycles. The highest BCUT2D eigenvalue weighted by Gasteiger charge is 2.37. The van der Waals surface area contributed by atoms with Gasteiger partial charge in [-0.25, -0.2) is 0 Å². The van der Waals surface area contributed by atoms with E-state index in [9.17, 15) is 5.11 Å². The Balaban J connectivity index is 1.46. The molecule has 1 aliphatic heterocycles. The number of aromatic hydroxyl groups is 1. The predicted molar refractivity (Wildman–Crippen MR) is 110 cm³/mol. The third-order valence-electron chi connectivity index (χ3n) is 7.26. The van der Waals surface area contributed by atoms with E-state index in [-0.39, 0.29) is 5.41 Å². The van der Waals surface area contributed by atoms with Gasteiger partial charge in [0.05, 0.1) is 0 Å². The second-order valence-electron chi connectivity index (χ2n) is 9.05. The van der Waals surface area contributed by atoms with Crippen molar-refractivity contribution in [2.24, 2.45) is 5.92 Å². The van der Waals surface area contributed by atoms with Crippen LogP contribution in [0.1, 0.15) is 64.4 Å². The maximum Gasteiger partial charge on any atom is 0.115 e. The van der Waals surface area contributed by atoms with E-state index in [0.717, 1.165) is 6.04 Å². The van der Waals surface area contributed by atoms with E-state index in [1.54, 1.807) is 6.07 Å². The highest BCUT2D eigenvalue weighted by Crippen LogP contribution is 2.40. The van der Waals surface area contributed by atoms with Crippen molar-refractivity contribution >= 4 is 0 Å². The normalized spacial score (nSPS) is 28.5. The number of hydrogen-bond acceptors (Lipinski definition) is 3. The van der Waals surface area contributed by atoms with Crippen LogP contribution in [0.2, 0.25) is 0 Å². The first-order valence-electron chi connectivity index (χ1n) is 10.7. The molecule has 1 heterocycles. The molecule has 1 N–H and O–H groups in total. The lowest BCUT2D eigenvalue weighted by molar-refractivity contribution is 0.103. The average molecular weight is 359 g/mol. The van der Waals surface area contributed by atoms with Gasteiger partial charge >= 0.3 is 0 Å². The van der Waals surface area contributed by atoms with Gasteiger partial charge in [-0.1, -0.05) is 45.2 Å². The fourth-order valence-electron chi connectivity index (χ4n) is 5.06. The third-order valence-corrected chi connectivity index (χ3v) is 7.26. The number of piperidine rings is 1. The van der Waals surface area contributed by atoms with E-state index in [4.69, 9.17) is 0 Å². The number of benzene rings is 1. The SMILES string of the molecule is CC1CN(CCCN(C)C2CCCCC2)CCC1(C)c1cccc(O)c1. The van der Waals surface area contributed by atoms with Crippen LogP contribution in [-0.4, -0.2) is 54.2 Å². The largest absolute Gasteiger partial charge is 0.508 e. The van der Waals surface area contributed by atoms with Gasteiger partial charge in [-0.2, -0.15) is 0 Å². The number of rotatable bonds is 6. The zero-order chi connectivity index (χ0) is 18.6. The number of nitrogens with zero attached hydrogens (tertiary/aromatic N) is 2. The van der Waals surface area contributed by atoms with Crippen molar-refractivity contribution in [3.05, 3.63) is 29.8 Å². The summed E-state index contributed by atoms with van der Waals surface area (Å²) in [6.45, 7) is 9.55. The highest BCUT2D eigenvalue weighted by molar-refractivity contribution is 5.33. The maximum absolute atomic E-state index is 9.86. The molecule has 1 aromatic carbocycles. The first kappa shape index (κ1) is 19.7. The summed E-state index contributed by atoms with van der Waals surface area (Å²) in [7, 11) is 2.33. The summed E-state index contributed by atoms with van der Waals surface area (Å²) in [6, 6.07) is 8.74. The first-order chi connectivity index (χ1) is 12.5. The Kier molecular flexibility index (Phi) is 6.63. The van der Waals surface area contributed by atoms with Gasteiger partial charge in [0.25, 0.3) is 0 Å². The van der Waals surface area contributed by atoms with E-state index in [0.29, 0.717) is 11.7 Å². The number of phenols is 1. The maximum atomic E-state index is 9.86. The lowest BCUT2D eigenvalue weighted by Gasteiger charge is -2.45. The Morgan fingerprint density at radius 1 is 1.23 bits per heavy atom. The molecule has 2 aliphatic rings. The highest BCUT2D eigenvalue weighted by atomic mass is 16.3. The Hall–Kier alpha value is -1.06. The van der Waals surface area contributed by atoms with E-state index < -0.39 is 0 Å². The minimum Gasteiger partial charge on any atom is -0.508 e. The van der Waals surface area contributed by atoms with Crippen molar-refractivity contribution in [3.63, 3.8) is 0 Å². The predicted octanol–water partition coefficient (Wildman–Crippen LogP) is 4.65. The minimum atomic E-state index is 0.175. The Bertz CT molecular complexity index is 569. The van der Waals surface area contributed by atoms with Gasteiger partial charge in [-0.05, 0) is 81.4 Å². The molecular formula is C23H38N2O. The second-order valence-corrected chi connectivity index (χ2v) is 9.05. The van der Waals surface area contributed by atoms with Gasteiger partial charge in [0.1, 0.15) is 5.75 Å². The molecule has 1 aromatic rings. The number of phenolic OH excluding ortho intramolecular Hbond substituents is 1. The smallest absolute Gasteiger partial charge is 0.115 e. The van der Waals surface area contributed by atoms with Gasteiger partial charge in [0, 0.05) is 12.6 Å². The quantitative estimate of drug-likeness (QED) is 0.802. The van der Waals surface area contributed by atoms with Crippen molar-refractivity contribution in [2.75, 3.05) is 33.2 Å². The molecular weight excluding hydrogens is 320 g/mol. The zero-order valence-electron chi connectivity index (χ0n) is 17.1. The molecule has 0 radical (unpaired) electrons. The van der Waals surface area contributed by atoms with Gasteiger partial charge in [0.15, 0.2) is 0 Å². The zero-order valence-corrected chi connectivity index (χ0v) is 17.1. The van der Waals surface area contributed by atoms with Crippen LogP contribution in [0, 0.1) is 5.92 Å². The van der Waals surface area contributed by atoms with Crippen LogP contribution in [0.3, 0.4) is 0 Å². The van der Waals surface area contributed by atoms with E-state index in [2.05, 4.69) is 36.8 Å². The molecule has 2 unspecified atom stereocenters. The second kappa shape index (κ2) is 8.75. The molecule has 26 heavy (non-hydrogen) atoms. The summed E-state index contributed by atoms with van der Waals surface area (Å²) in [5, 5.41) is 9.86. The Morgan fingerprint density at radius 2 is 2.00 bits per heavy atom. The van der Waals surface area contributed by atoms with Crippen molar-refractivity contribution in [1.82, 2.24) is 9.80 Å². The van der Waals surface area contributed by atoms with Crippen LogP contribution < -0.4 is 0 Å². The molecule has 146 valence electrons. The molecule has 2 fully saturated rings. The molecule has 1 saturated heterocycles. The summed E-state index contributed by atoms with van der Waals surface area (Å²) in [5.41, 5.74) is 1.47. The van der Waals surface area contributed by atoms with E-state index in [1.807, 2.05) is 12.1 Å². The average Bonchev–Trinajstić information content (AvgIpc) is 2.65. The number of hydrogen-bond donors (Lipinski definition) is 1. The molecule has 0 amide bonds. The molecule has 0 aromatic heterocycles. The molecule has 2 atom stereocenters. The molecule has 0 spiro atoms. The monoisotopic (exact) mass is 358 g/mol. The molecule has 3 rings (SSSR count). The fourth-order valence-corrected chi connectivity index (χ4v) is 5.06. The lowest BCUT2D eigenvalue weighted by atomic mass is 9.68. The van der Waals surface area contributed by atoms with E-state index >= 15 is 0 Å². The van der Waals surface area contributed by atoms with Gasteiger partial charge in [-0.15, -0.1) is 0 Å². The molecule has 3 heteroatoms. The van der Waals surface area contributed by atoms with Crippen molar-refractivity contribution in [1.29, 1.82) is 0 Å². The van der Waals surface area contributed by atoms with Crippen molar-refractivity contribution in [2.45, 2.75) is 70.3 Å². The Labute approximate surface area is 160 Å². The summed E-state index contributed by atoms with van der Waals surface area (Å²) in [5.74, 6) is 0.998.